The van der Waals surface area contributed by atoms with Crippen LogP contribution in [0.1, 0.15) is 30.5 Å². The molecular formula is C20H23ClN2O2. The molecule has 25 heavy (non-hydrogen) atoms. The van der Waals surface area contributed by atoms with Crippen LogP contribution >= 0.6 is 11.6 Å². The topological polar surface area (TPSA) is 49.4 Å². The number of aryl methyl sites for hydroxylation is 3. The van der Waals surface area contributed by atoms with Crippen molar-refractivity contribution in [2.75, 3.05) is 16.8 Å². The summed E-state index contributed by atoms with van der Waals surface area (Å²) in [7, 11) is 0. The molecule has 1 N–H and O–H groups in total. The molecule has 0 heterocycles. The van der Waals surface area contributed by atoms with Gasteiger partial charge in [0.05, 0.1) is 0 Å². The van der Waals surface area contributed by atoms with Crippen LogP contribution in [0.25, 0.3) is 0 Å². The zero-order chi connectivity index (χ0) is 18.6. The standard InChI is InChI=1S/C20H23ClN2O2/c1-5-16-8-6-7-14(3)20(16)22-19(25)12-23(15(4)24)18-11-17(21)10-9-13(18)2/h6-11H,5,12H2,1-4H3,(H,22,25). The molecule has 0 spiro atoms. The first-order valence-electron chi connectivity index (χ1n) is 8.26. The highest BCUT2D eigenvalue weighted by molar-refractivity contribution is 6.31. The van der Waals surface area contributed by atoms with Crippen molar-refractivity contribution in [2.45, 2.75) is 34.1 Å². The lowest BCUT2D eigenvalue weighted by Gasteiger charge is -2.23. The van der Waals surface area contributed by atoms with Crippen LogP contribution in [-0.4, -0.2) is 18.4 Å². The van der Waals surface area contributed by atoms with Gasteiger partial charge in [0.15, 0.2) is 0 Å². The number of carbonyl (C=O) groups is 2. The van der Waals surface area contributed by atoms with E-state index < -0.39 is 0 Å². The summed E-state index contributed by atoms with van der Waals surface area (Å²) in [5.74, 6) is -0.445. The first-order chi connectivity index (χ1) is 11.8. The van der Waals surface area contributed by atoms with Gasteiger partial charge in [-0.25, -0.2) is 0 Å². The molecule has 0 aliphatic heterocycles. The Labute approximate surface area is 153 Å². The van der Waals surface area contributed by atoms with Crippen LogP contribution in [0.15, 0.2) is 36.4 Å². The van der Waals surface area contributed by atoms with E-state index >= 15 is 0 Å². The molecule has 0 fully saturated rings. The van der Waals surface area contributed by atoms with E-state index in [4.69, 9.17) is 11.6 Å². The largest absolute Gasteiger partial charge is 0.324 e. The first kappa shape index (κ1) is 19.0. The average molecular weight is 359 g/mol. The summed E-state index contributed by atoms with van der Waals surface area (Å²) in [5.41, 5.74) is 4.43. The first-order valence-corrected chi connectivity index (χ1v) is 8.63. The second-order valence-electron chi connectivity index (χ2n) is 6.05. The van der Waals surface area contributed by atoms with Gasteiger partial charge in [0.25, 0.3) is 0 Å². The van der Waals surface area contributed by atoms with Gasteiger partial charge in [-0.2, -0.15) is 0 Å². The smallest absolute Gasteiger partial charge is 0.244 e. The van der Waals surface area contributed by atoms with E-state index in [1.165, 1.54) is 11.8 Å². The van der Waals surface area contributed by atoms with Gasteiger partial charge in [-0.15, -0.1) is 0 Å². The van der Waals surface area contributed by atoms with E-state index in [2.05, 4.69) is 5.32 Å². The molecular weight excluding hydrogens is 336 g/mol. The fraction of sp³-hybridized carbons (Fsp3) is 0.300. The second kappa shape index (κ2) is 8.17. The van der Waals surface area contributed by atoms with Crippen LogP contribution in [-0.2, 0) is 16.0 Å². The number of nitrogens with one attached hydrogen (secondary N) is 1. The van der Waals surface area contributed by atoms with Gasteiger partial charge < -0.3 is 10.2 Å². The molecule has 0 bridgehead atoms. The van der Waals surface area contributed by atoms with Crippen LogP contribution in [0, 0.1) is 13.8 Å². The van der Waals surface area contributed by atoms with Crippen LogP contribution < -0.4 is 10.2 Å². The fourth-order valence-corrected chi connectivity index (χ4v) is 2.93. The maximum absolute atomic E-state index is 12.6. The normalized spacial score (nSPS) is 10.4. The van der Waals surface area contributed by atoms with Crippen LogP contribution in [0.4, 0.5) is 11.4 Å². The van der Waals surface area contributed by atoms with Gasteiger partial charge in [0.1, 0.15) is 6.54 Å². The lowest BCUT2D eigenvalue weighted by molar-refractivity contribution is -0.120. The highest BCUT2D eigenvalue weighted by atomic mass is 35.5. The molecule has 0 radical (unpaired) electrons. The summed E-state index contributed by atoms with van der Waals surface area (Å²) in [5, 5.41) is 3.48. The van der Waals surface area contributed by atoms with Gasteiger partial charge in [-0.05, 0) is 49.1 Å². The number of benzene rings is 2. The third kappa shape index (κ3) is 4.60. The Morgan fingerprint density at radius 1 is 1.12 bits per heavy atom. The maximum Gasteiger partial charge on any atom is 0.244 e. The molecule has 2 aromatic carbocycles. The molecule has 5 heteroatoms. The van der Waals surface area contributed by atoms with E-state index in [1.807, 2.05) is 45.0 Å². The summed E-state index contributed by atoms with van der Waals surface area (Å²) in [6, 6.07) is 11.2. The van der Waals surface area contributed by atoms with Crippen molar-refractivity contribution in [1.29, 1.82) is 0 Å². The Hall–Kier alpha value is -2.33. The SMILES string of the molecule is CCc1cccc(C)c1NC(=O)CN(C(C)=O)c1cc(Cl)ccc1C. The number of halogens is 1. The molecule has 2 rings (SSSR count). The lowest BCUT2D eigenvalue weighted by atomic mass is 10.1. The van der Waals surface area contributed by atoms with Crippen molar-refractivity contribution in [2.24, 2.45) is 0 Å². The van der Waals surface area contributed by atoms with E-state index in [9.17, 15) is 9.59 Å². The molecule has 132 valence electrons. The zero-order valence-electron chi connectivity index (χ0n) is 15.0. The predicted molar refractivity (Wildman–Crippen MR) is 103 cm³/mol. The molecule has 2 amide bonds. The maximum atomic E-state index is 12.6. The van der Waals surface area contributed by atoms with E-state index in [1.54, 1.807) is 12.1 Å². The number of anilines is 2. The van der Waals surface area contributed by atoms with Crippen molar-refractivity contribution in [3.05, 3.63) is 58.1 Å². The van der Waals surface area contributed by atoms with Crippen LogP contribution in [0.2, 0.25) is 5.02 Å². The quantitative estimate of drug-likeness (QED) is 0.854. The minimum absolute atomic E-state index is 0.0615. The molecule has 0 aliphatic rings. The molecule has 2 aromatic rings. The highest BCUT2D eigenvalue weighted by Gasteiger charge is 2.19. The number of hydrogen-bond acceptors (Lipinski definition) is 2. The number of carbonyl (C=O) groups excluding carboxylic acids is 2. The molecule has 0 saturated heterocycles. The number of amides is 2. The van der Waals surface area contributed by atoms with E-state index in [-0.39, 0.29) is 18.4 Å². The summed E-state index contributed by atoms with van der Waals surface area (Å²) in [6.07, 6.45) is 0.821. The Balaban J connectivity index is 2.25. The summed E-state index contributed by atoms with van der Waals surface area (Å²) in [6.45, 7) is 7.27. The summed E-state index contributed by atoms with van der Waals surface area (Å²) < 4.78 is 0. The van der Waals surface area contributed by atoms with E-state index in [0.29, 0.717) is 10.7 Å². The highest BCUT2D eigenvalue weighted by Crippen LogP contribution is 2.25. The predicted octanol–water partition coefficient (Wildman–Crippen LogP) is 4.51. The molecule has 0 aromatic heterocycles. The Morgan fingerprint density at radius 3 is 2.48 bits per heavy atom. The monoisotopic (exact) mass is 358 g/mol. The number of hydrogen-bond donors (Lipinski definition) is 1. The number of rotatable bonds is 5. The molecule has 0 unspecified atom stereocenters. The molecule has 4 nitrogen and oxygen atoms in total. The molecule has 0 atom stereocenters. The Bertz CT molecular complexity index is 802. The van der Waals surface area contributed by atoms with Gasteiger partial charge in [0.2, 0.25) is 11.8 Å². The van der Waals surface area contributed by atoms with Gasteiger partial charge in [-0.3, -0.25) is 9.59 Å². The summed E-state index contributed by atoms with van der Waals surface area (Å²) in [4.78, 5) is 26.1. The minimum Gasteiger partial charge on any atom is -0.324 e. The van der Waals surface area contributed by atoms with Crippen LogP contribution in [0.5, 0.6) is 0 Å². The van der Waals surface area contributed by atoms with Crippen molar-refractivity contribution >= 4 is 34.8 Å². The average Bonchev–Trinajstić information content (AvgIpc) is 2.56. The minimum atomic E-state index is -0.237. The summed E-state index contributed by atoms with van der Waals surface area (Å²) >= 11 is 6.05. The van der Waals surface area contributed by atoms with Gasteiger partial charge in [0, 0.05) is 23.3 Å². The zero-order valence-corrected chi connectivity index (χ0v) is 15.8. The number of nitrogens with zero attached hydrogens (tertiary/aromatic N) is 1. The molecule has 0 aliphatic carbocycles. The third-order valence-electron chi connectivity index (χ3n) is 4.15. The van der Waals surface area contributed by atoms with Crippen molar-refractivity contribution in [3.63, 3.8) is 0 Å². The van der Waals surface area contributed by atoms with Crippen molar-refractivity contribution < 1.29 is 9.59 Å². The Kier molecular flexibility index (Phi) is 6.21. The van der Waals surface area contributed by atoms with Crippen LogP contribution in [0.3, 0.4) is 0 Å². The van der Waals surface area contributed by atoms with Crippen molar-refractivity contribution in [1.82, 2.24) is 0 Å². The van der Waals surface area contributed by atoms with Crippen molar-refractivity contribution in [3.8, 4) is 0 Å². The Morgan fingerprint density at radius 2 is 1.84 bits per heavy atom. The van der Waals surface area contributed by atoms with E-state index in [0.717, 1.165) is 28.8 Å². The molecule has 0 saturated carbocycles. The second-order valence-corrected chi connectivity index (χ2v) is 6.48. The fourth-order valence-electron chi connectivity index (χ4n) is 2.76. The third-order valence-corrected chi connectivity index (χ3v) is 4.38. The van der Waals surface area contributed by atoms with Gasteiger partial charge >= 0.3 is 0 Å². The number of para-hydroxylation sites is 1. The van der Waals surface area contributed by atoms with Gasteiger partial charge in [-0.1, -0.05) is 42.8 Å². The lowest BCUT2D eigenvalue weighted by Crippen LogP contribution is -2.37.